The molecule has 0 radical (unpaired) electrons. The van der Waals surface area contributed by atoms with Gasteiger partial charge in [0.1, 0.15) is 11.3 Å². The third-order valence-corrected chi connectivity index (χ3v) is 5.49. The third kappa shape index (κ3) is 4.69. The summed E-state index contributed by atoms with van der Waals surface area (Å²) in [7, 11) is 5.67. The Balaban J connectivity index is 2.00. The van der Waals surface area contributed by atoms with Gasteiger partial charge in [-0.2, -0.15) is 0 Å². The Morgan fingerprint density at radius 3 is 2.72 bits per heavy atom. The van der Waals surface area contributed by atoms with Gasteiger partial charge in [-0.05, 0) is 24.3 Å². The van der Waals surface area contributed by atoms with Gasteiger partial charge in [-0.15, -0.1) is 0 Å². The molecule has 0 fully saturated rings. The lowest BCUT2D eigenvalue weighted by molar-refractivity contribution is -0.858. The number of carbonyl (C=O) groups is 1. The van der Waals surface area contributed by atoms with Crippen molar-refractivity contribution in [2.75, 3.05) is 39.2 Å². The summed E-state index contributed by atoms with van der Waals surface area (Å²) in [5, 5.41) is 11.9. The number of para-hydroxylation sites is 1. The number of nitro benzene ring substituents is 1. The van der Waals surface area contributed by atoms with Crippen LogP contribution in [0.2, 0.25) is 0 Å². The van der Waals surface area contributed by atoms with Gasteiger partial charge in [0.2, 0.25) is 0 Å². The molecule has 8 nitrogen and oxygen atoms in total. The maximum absolute atomic E-state index is 13.3. The first-order valence-corrected chi connectivity index (χ1v) is 10.0. The maximum atomic E-state index is 13.3. The van der Waals surface area contributed by atoms with E-state index in [9.17, 15) is 14.9 Å². The van der Waals surface area contributed by atoms with E-state index >= 15 is 0 Å². The van der Waals surface area contributed by atoms with Crippen LogP contribution < -0.4 is 14.5 Å². The summed E-state index contributed by atoms with van der Waals surface area (Å²) in [6.07, 6.45) is 0.744. The second-order valence-corrected chi connectivity index (χ2v) is 7.88. The minimum Gasteiger partial charge on any atom is -0.497 e. The number of hydrogen-bond donors (Lipinski definition) is 1. The number of methoxy groups -OCH3 is 1. The number of quaternary nitrogens is 1. The van der Waals surface area contributed by atoms with Gasteiger partial charge in [0, 0.05) is 19.0 Å². The number of nitro groups is 1. The molecule has 2 aromatic carbocycles. The monoisotopic (exact) mass is 415 g/mol. The molecule has 0 bridgehead atoms. The second kappa shape index (κ2) is 8.97. The molecule has 0 atom stereocenters. The van der Waals surface area contributed by atoms with Gasteiger partial charge in [0.05, 0.1) is 42.9 Å². The second-order valence-electron chi connectivity index (χ2n) is 6.87. The highest BCUT2D eigenvalue weighted by molar-refractivity contribution is 7.22. The molecule has 0 aliphatic carbocycles. The molecular formula is C20H23N4O4S+. The van der Waals surface area contributed by atoms with Crippen LogP contribution in [0.5, 0.6) is 5.75 Å². The predicted octanol–water partition coefficient (Wildman–Crippen LogP) is 2.39. The summed E-state index contributed by atoms with van der Waals surface area (Å²) in [6, 6.07) is 11.5. The topological polar surface area (TPSA) is 90.0 Å². The number of aromatic nitrogens is 1. The van der Waals surface area contributed by atoms with Gasteiger partial charge in [-0.1, -0.05) is 23.5 Å². The van der Waals surface area contributed by atoms with Crippen LogP contribution in [0.4, 0.5) is 10.8 Å². The fourth-order valence-electron chi connectivity index (χ4n) is 2.97. The third-order valence-electron chi connectivity index (χ3n) is 4.45. The van der Waals surface area contributed by atoms with Crippen LogP contribution in [0.25, 0.3) is 10.2 Å². The standard InChI is InChI=1S/C20H22N4O4S/c1-22(2)11-6-12-23(19(25)15-7-4-5-8-17(15)24(26)27)20-21-16-10-9-14(28-3)13-18(16)29-20/h4-5,7-10,13H,6,11-12H2,1-3H3/p+1. The van der Waals surface area contributed by atoms with Crippen LogP contribution in [-0.2, 0) is 0 Å². The summed E-state index contributed by atoms with van der Waals surface area (Å²) in [5.41, 5.74) is 0.611. The van der Waals surface area contributed by atoms with Crippen molar-refractivity contribution in [1.82, 2.24) is 4.98 Å². The number of nitrogens with one attached hydrogen (secondary N) is 1. The number of thiazole rings is 1. The molecular weight excluding hydrogens is 392 g/mol. The van der Waals surface area contributed by atoms with E-state index in [4.69, 9.17) is 4.74 Å². The van der Waals surface area contributed by atoms with E-state index in [1.54, 1.807) is 24.1 Å². The van der Waals surface area contributed by atoms with Gasteiger partial charge in [-0.3, -0.25) is 19.8 Å². The van der Waals surface area contributed by atoms with E-state index in [1.807, 2.05) is 32.3 Å². The van der Waals surface area contributed by atoms with Crippen LogP contribution in [0.15, 0.2) is 42.5 Å². The lowest BCUT2D eigenvalue weighted by Gasteiger charge is -2.20. The van der Waals surface area contributed by atoms with Crippen molar-refractivity contribution in [3.8, 4) is 5.75 Å². The number of carbonyl (C=O) groups excluding carboxylic acids is 1. The number of ether oxygens (including phenoxy) is 1. The van der Waals surface area contributed by atoms with E-state index in [0.717, 1.165) is 23.2 Å². The Labute approximate surface area is 172 Å². The normalized spacial score (nSPS) is 11.0. The molecule has 3 rings (SSSR count). The van der Waals surface area contributed by atoms with Crippen molar-refractivity contribution in [1.29, 1.82) is 0 Å². The van der Waals surface area contributed by atoms with Crippen molar-refractivity contribution >= 4 is 38.3 Å². The molecule has 9 heteroatoms. The van der Waals surface area contributed by atoms with Gasteiger partial charge < -0.3 is 9.64 Å². The van der Waals surface area contributed by atoms with E-state index in [2.05, 4.69) is 4.98 Å². The Morgan fingerprint density at radius 1 is 1.28 bits per heavy atom. The summed E-state index contributed by atoms with van der Waals surface area (Å²) in [5.74, 6) is 0.289. The molecule has 0 saturated carbocycles. The average molecular weight is 415 g/mol. The molecule has 1 amide bonds. The lowest BCUT2D eigenvalue weighted by Crippen LogP contribution is -3.05. The van der Waals surface area contributed by atoms with Gasteiger partial charge in [-0.25, -0.2) is 4.98 Å². The van der Waals surface area contributed by atoms with E-state index in [1.165, 1.54) is 28.4 Å². The Kier molecular flexibility index (Phi) is 6.40. The van der Waals surface area contributed by atoms with Crippen molar-refractivity contribution < 1.29 is 19.4 Å². The molecule has 1 N–H and O–H groups in total. The van der Waals surface area contributed by atoms with E-state index in [-0.39, 0.29) is 11.3 Å². The van der Waals surface area contributed by atoms with Crippen LogP contribution in [0.3, 0.4) is 0 Å². The van der Waals surface area contributed by atoms with Crippen LogP contribution in [0, 0.1) is 10.1 Å². The number of fused-ring (bicyclic) bond motifs is 1. The minimum atomic E-state index is -0.529. The molecule has 152 valence electrons. The van der Waals surface area contributed by atoms with Crippen LogP contribution in [-0.4, -0.2) is 50.1 Å². The zero-order valence-electron chi connectivity index (χ0n) is 16.5. The van der Waals surface area contributed by atoms with Crippen molar-refractivity contribution in [2.45, 2.75) is 6.42 Å². The first-order valence-electron chi connectivity index (χ1n) is 9.19. The van der Waals surface area contributed by atoms with Crippen molar-refractivity contribution in [2.24, 2.45) is 0 Å². The van der Waals surface area contributed by atoms with Gasteiger partial charge in [0.25, 0.3) is 11.6 Å². The molecule has 1 aromatic heterocycles. The highest BCUT2D eigenvalue weighted by Crippen LogP contribution is 2.33. The highest BCUT2D eigenvalue weighted by Gasteiger charge is 2.27. The van der Waals surface area contributed by atoms with Crippen LogP contribution >= 0.6 is 11.3 Å². The van der Waals surface area contributed by atoms with Crippen molar-refractivity contribution in [3.05, 3.63) is 58.1 Å². The smallest absolute Gasteiger partial charge is 0.282 e. The van der Waals surface area contributed by atoms with E-state index in [0.29, 0.717) is 17.4 Å². The first-order chi connectivity index (χ1) is 13.9. The van der Waals surface area contributed by atoms with Crippen molar-refractivity contribution in [3.63, 3.8) is 0 Å². The fraction of sp³-hybridized carbons (Fsp3) is 0.300. The Hall–Kier alpha value is -3.04. The quantitative estimate of drug-likeness (QED) is 0.451. The zero-order chi connectivity index (χ0) is 21.0. The fourth-order valence-corrected chi connectivity index (χ4v) is 3.99. The minimum absolute atomic E-state index is 0.0616. The molecule has 1 heterocycles. The molecule has 0 unspecified atom stereocenters. The number of rotatable bonds is 8. The molecule has 0 aliphatic rings. The predicted molar refractivity (Wildman–Crippen MR) is 113 cm³/mol. The summed E-state index contributed by atoms with van der Waals surface area (Å²) < 4.78 is 6.15. The Bertz CT molecular complexity index is 1030. The van der Waals surface area contributed by atoms with Gasteiger partial charge in [0.15, 0.2) is 5.13 Å². The average Bonchev–Trinajstić information content (AvgIpc) is 3.13. The number of amides is 1. The first kappa shape index (κ1) is 20.7. The molecule has 0 spiro atoms. The summed E-state index contributed by atoms with van der Waals surface area (Å²) in [4.78, 5) is 31.6. The molecule has 0 saturated heterocycles. The molecule has 0 aliphatic heterocycles. The van der Waals surface area contributed by atoms with Gasteiger partial charge >= 0.3 is 0 Å². The summed E-state index contributed by atoms with van der Waals surface area (Å²) in [6.45, 7) is 1.28. The Morgan fingerprint density at radius 2 is 2.03 bits per heavy atom. The lowest BCUT2D eigenvalue weighted by atomic mass is 10.1. The number of benzene rings is 2. The molecule has 3 aromatic rings. The number of anilines is 1. The largest absolute Gasteiger partial charge is 0.497 e. The number of nitrogens with zero attached hydrogens (tertiary/aromatic N) is 3. The zero-order valence-corrected chi connectivity index (χ0v) is 17.4. The maximum Gasteiger partial charge on any atom is 0.282 e. The highest BCUT2D eigenvalue weighted by atomic mass is 32.1. The number of hydrogen-bond acceptors (Lipinski definition) is 6. The SMILES string of the molecule is COc1ccc2nc(N(CCC[NH+](C)C)C(=O)c3ccccc3[N+](=O)[O-])sc2c1. The van der Waals surface area contributed by atoms with Crippen LogP contribution in [0.1, 0.15) is 16.8 Å². The van der Waals surface area contributed by atoms with E-state index < -0.39 is 10.8 Å². The molecule has 29 heavy (non-hydrogen) atoms. The summed E-state index contributed by atoms with van der Waals surface area (Å²) >= 11 is 1.37.